The van der Waals surface area contributed by atoms with E-state index >= 15 is 0 Å². The van der Waals surface area contributed by atoms with E-state index in [-0.39, 0.29) is 11.8 Å². The van der Waals surface area contributed by atoms with Crippen LogP contribution in [0.4, 0.5) is 0 Å². The zero-order valence-corrected chi connectivity index (χ0v) is 14.3. The van der Waals surface area contributed by atoms with Gasteiger partial charge in [0.15, 0.2) is 0 Å². The van der Waals surface area contributed by atoms with Gasteiger partial charge in [-0.3, -0.25) is 9.59 Å². The fourth-order valence-electron chi connectivity index (χ4n) is 2.64. The molecule has 6 nitrogen and oxygen atoms in total. The van der Waals surface area contributed by atoms with Crippen LogP contribution in [0.15, 0.2) is 30.3 Å². The molecular formula is C18H26N2O4. The van der Waals surface area contributed by atoms with Crippen LogP contribution in [0.1, 0.15) is 19.3 Å². The van der Waals surface area contributed by atoms with Crippen LogP contribution in [0.5, 0.6) is 5.75 Å². The lowest BCUT2D eigenvalue weighted by molar-refractivity contribution is -0.140. The third-order valence-corrected chi connectivity index (χ3v) is 4.05. The summed E-state index contributed by atoms with van der Waals surface area (Å²) in [5, 5.41) is 0. The number of hydrogen-bond donors (Lipinski definition) is 0. The summed E-state index contributed by atoms with van der Waals surface area (Å²) in [5.41, 5.74) is 0. The Morgan fingerprint density at radius 1 is 0.917 bits per heavy atom. The molecule has 1 aromatic carbocycles. The maximum Gasteiger partial charge on any atom is 0.225 e. The van der Waals surface area contributed by atoms with Crippen molar-refractivity contribution in [1.82, 2.24) is 9.80 Å². The van der Waals surface area contributed by atoms with Crippen molar-refractivity contribution in [2.75, 3.05) is 46.5 Å². The zero-order chi connectivity index (χ0) is 17.2. The van der Waals surface area contributed by atoms with E-state index in [4.69, 9.17) is 9.47 Å². The first-order valence-corrected chi connectivity index (χ1v) is 8.43. The molecule has 0 spiro atoms. The number of rotatable bonds is 8. The summed E-state index contributed by atoms with van der Waals surface area (Å²) in [6.45, 7) is 3.41. The first-order chi connectivity index (χ1) is 11.7. The molecule has 0 atom stereocenters. The van der Waals surface area contributed by atoms with Gasteiger partial charge in [0.25, 0.3) is 0 Å². The van der Waals surface area contributed by atoms with Crippen LogP contribution in [0.2, 0.25) is 0 Å². The number of amides is 2. The molecule has 0 saturated carbocycles. The normalized spacial score (nSPS) is 14.5. The number of methoxy groups -OCH3 is 1. The molecule has 1 aliphatic heterocycles. The van der Waals surface area contributed by atoms with Crippen LogP contribution in [0.3, 0.4) is 0 Å². The van der Waals surface area contributed by atoms with Crippen molar-refractivity contribution in [2.24, 2.45) is 0 Å². The zero-order valence-electron chi connectivity index (χ0n) is 14.3. The SMILES string of the molecule is COCCC(=O)N1CCN(C(=O)CCCOc2ccccc2)CC1. The van der Waals surface area contributed by atoms with Crippen molar-refractivity contribution < 1.29 is 19.1 Å². The van der Waals surface area contributed by atoms with Gasteiger partial charge in [-0.15, -0.1) is 0 Å². The predicted molar refractivity (Wildman–Crippen MR) is 90.8 cm³/mol. The van der Waals surface area contributed by atoms with Crippen molar-refractivity contribution in [3.05, 3.63) is 30.3 Å². The van der Waals surface area contributed by atoms with Gasteiger partial charge in [0.2, 0.25) is 11.8 Å². The van der Waals surface area contributed by atoms with E-state index < -0.39 is 0 Å². The first kappa shape index (κ1) is 18.3. The highest BCUT2D eigenvalue weighted by Crippen LogP contribution is 2.10. The molecule has 0 bridgehead atoms. The number of carbonyl (C=O) groups excluding carboxylic acids is 2. The van der Waals surface area contributed by atoms with E-state index in [2.05, 4.69) is 0 Å². The summed E-state index contributed by atoms with van der Waals surface area (Å²) < 4.78 is 10.5. The predicted octanol–water partition coefficient (Wildman–Crippen LogP) is 1.55. The lowest BCUT2D eigenvalue weighted by atomic mass is 10.2. The van der Waals surface area contributed by atoms with E-state index in [0.717, 1.165) is 5.75 Å². The average molecular weight is 334 g/mol. The molecule has 1 fully saturated rings. The highest BCUT2D eigenvalue weighted by molar-refractivity contribution is 5.78. The highest BCUT2D eigenvalue weighted by atomic mass is 16.5. The summed E-state index contributed by atoms with van der Waals surface area (Å²) in [5.74, 6) is 1.06. The van der Waals surface area contributed by atoms with Crippen molar-refractivity contribution in [2.45, 2.75) is 19.3 Å². The number of hydrogen-bond acceptors (Lipinski definition) is 4. The van der Waals surface area contributed by atoms with E-state index in [1.807, 2.05) is 35.2 Å². The van der Waals surface area contributed by atoms with Crippen molar-refractivity contribution in [3.8, 4) is 5.75 Å². The molecule has 24 heavy (non-hydrogen) atoms. The molecule has 1 aliphatic rings. The molecule has 0 radical (unpaired) electrons. The molecule has 0 N–H and O–H groups in total. The third kappa shape index (κ3) is 5.85. The summed E-state index contributed by atoms with van der Waals surface area (Å²) in [6, 6.07) is 9.60. The average Bonchev–Trinajstić information content (AvgIpc) is 2.64. The molecule has 1 saturated heterocycles. The minimum Gasteiger partial charge on any atom is -0.494 e. The number of piperazine rings is 1. The molecule has 132 valence electrons. The van der Waals surface area contributed by atoms with Crippen LogP contribution in [-0.2, 0) is 14.3 Å². The lowest BCUT2D eigenvalue weighted by Crippen LogP contribution is -2.50. The van der Waals surface area contributed by atoms with Crippen molar-refractivity contribution in [1.29, 1.82) is 0 Å². The molecule has 0 aromatic heterocycles. The van der Waals surface area contributed by atoms with Gasteiger partial charge in [0.05, 0.1) is 19.6 Å². The van der Waals surface area contributed by atoms with Crippen LogP contribution < -0.4 is 4.74 Å². The second-order valence-corrected chi connectivity index (χ2v) is 5.77. The number of benzene rings is 1. The Kier molecular flexibility index (Phi) is 7.55. The largest absolute Gasteiger partial charge is 0.494 e. The van der Waals surface area contributed by atoms with Gasteiger partial charge < -0.3 is 19.3 Å². The molecule has 0 aliphatic carbocycles. The number of nitrogens with zero attached hydrogens (tertiary/aromatic N) is 2. The first-order valence-electron chi connectivity index (χ1n) is 8.43. The summed E-state index contributed by atoms with van der Waals surface area (Å²) in [4.78, 5) is 27.8. The summed E-state index contributed by atoms with van der Waals surface area (Å²) in [7, 11) is 1.59. The highest BCUT2D eigenvalue weighted by Gasteiger charge is 2.23. The lowest BCUT2D eigenvalue weighted by Gasteiger charge is -2.35. The summed E-state index contributed by atoms with van der Waals surface area (Å²) >= 11 is 0. The quantitative estimate of drug-likeness (QED) is 0.677. The van der Waals surface area contributed by atoms with Crippen LogP contribution >= 0.6 is 0 Å². The van der Waals surface area contributed by atoms with Gasteiger partial charge >= 0.3 is 0 Å². The fraction of sp³-hybridized carbons (Fsp3) is 0.556. The van der Waals surface area contributed by atoms with Gasteiger partial charge in [0, 0.05) is 39.7 Å². The topological polar surface area (TPSA) is 59.1 Å². The molecule has 1 heterocycles. The van der Waals surface area contributed by atoms with Gasteiger partial charge in [-0.2, -0.15) is 0 Å². The van der Waals surface area contributed by atoms with Gasteiger partial charge in [0.1, 0.15) is 5.75 Å². The molecular weight excluding hydrogens is 308 g/mol. The Morgan fingerprint density at radius 3 is 2.08 bits per heavy atom. The van der Waals surface area contributed by atoms with E-state index in [1.54, 1.807) is 12.0 Å². The molecule has 1 aromatic rings. The Hall–Kier alpha value is -2.08. The monoisotopic (exact) mass is 334 g/mol. The Bertz CT molecular complexity index is 513. The smallest absolute Gasteiger partial charge is 0.225 e. The summed E-state index contributed by atoms with van der Waals surface area (Å²) in [6.07, 6.45) is 1.58. The van der Waals surface area contributed by atoms with Crippen molar-refractivity contribution in [3.63, 3.8) is 0 Å². The third-order valence-electron chi connectivity index (χ3n) is 4.05. The Balaban J connectivity index is 1.61. The number of para-hydroxylation sites is 1. The minimum absolute atomic E-state index is 0.0974. The van der Waals surface area contributed by atoms with Crippen LogP contribution in [0.25, 0.3) is 0 Å². The van der Waals surface area contributed by atoms with Gasteiger partial charge in [-0.1, -0.05) is 18.2 Å². The molecule has 0 unspecified atom stereocenters. The molecule has 2 rings (SSSR count). The maximum atomic E-state index is 12.2. The van der Waals surface area contributed by atoms with Gasteiger partial charge in [-0.25, -0.2) is 0 Å². The molecule has 6 heteroatoms. The van der Waals surface area contributed by atoms with Gasteiger partial charge in [-0.05, 0) is 18.6 Å². The van der Waals surface area contributed by atoms with E-state index in [1.165, 1.54) is 0 Å². The Morgan fingerprint density at radius 2 is 1.50 bits per heavy atom. The van der Waals surface area contributed by atoms with Crippen molar-refractivity contribution >= 4 is 11.8 Å². The number of carbonyl (C=O) groups is 2. The molecule has 2 amide bonds. The second-order valence-electron chi connectivity index (χ2n) is 5.77. The van der Waals surface area contributed by atoms with E-state index in [9.17, 15) is 9.59 Å². The second kappa shape index (κ2) is 9.93. The standard InChI is InChI=1S/C18H26N2O4/c1-23-15-9-18(22)20-12-10-19(11-13-20)17(21)8-5-14-24-16-6-3-2-4-7-16/h2-4,6-7H,5,8-15H2,1H3. The maximum absolute atomic E-state index is 12.2. The van der Waals surface area contributed by atoms with Crippen LogP contribution in [0, 0.1) is 0 Å². The minimum atomic E-state index is 0.0974. The fourth-order valence-corrected chi connectivity index (χ4v) is 2.64. The van der Waals surface area contributed by atoms with E-state index in [0.29, 0.717) is 58.7 Å². The van der Waals surface area contributed by atoms with Crippen LogP contribution in [-0.4, -0.2) is 68.1 Å². The Labute approximate surface area is 143 Å². The number of ether oxygens (including phenoxy) is 2.